The van der Waals surface area contributed by atoms with Crippen molar-refractivity contribution < 1.29 is 4.52 Å². The molecule has 0 saturated carbocycles. The van der Waals surface area contributed by atoms with Crippen molar-refractivity contribution in [3.05, 3.63) is 42.0 Å². The average Bonchev–Trinajstić information content (AvgIpc) is 2.98. The first-order valence-electron chi connectivity index (χ1n) is 5.05. The van der Waals surface area contributed by atoms with E-state index in [2.05, 4.69) is 10.1 Å². The molecule has 0 radical (unpaired) electrons. The third kappa shape index (κ3) is 1.70. The molecule has 0 amide bonds. The zero-order valence-corrected chi connectivity index (χ0v) is 9.65. The Kier molecular flexibility index (Phi) is 2.38. The molecule has 3 aromatic heterocycles. The Morgan fingerprint density at radius 1 is 1.24 bits per heavy atom. The Balaban J connectivity index is 2.20. The summed E-state index contributed by atoms with van der Waals surface area (Å²) in [6.07, 6.45) is 3.47. The van der Waals surface area contributed by atoms with Gasteiger partial charge in [0, 0.05) is 18.0 Å². The lowest BCUT2D eigenvalue weighted by atomic mass is 10.1. The van der Waals surface area contributed by atoms with Gasteiger partial charge in [-0.25, -0.2) is 0 Å². The number of aromatic nitrogens is 2. The van der Waals surface area contributed by atoms with Gasteiger partial charge in [0.1, 0.15) is 5.69 Å². The number of pyridine rings is 1. The van der Waals surface area contributed by atoms with Gasteiger partial charge in [-0.3, -0.25) is 4.98 Å². The molecule has 0 aromatic carbocycles. The van der Waals surface area contributed by atoms with E-state index in [0.29, 0.717) is 5.88 Å². The fourth-order valence-electron chi connectivity index (χ4n) is 1.67. The summed E-state index contributed by atoms with van der Waals surface area (Å²) in [5.41, 5.74) is 8.31. The lowest BCUT2D eigenvalue weighted by Gasteiger charge is -1.99. The number of hydrogen-bond donors (Lipinski definition) is 1. The van der Waals surface area contributed by atoms with Crippen LogP contribution in [0.25, 0.3) is 21.7 Å². The smallest absolute Gasteiger partial charge is 0.230 e. The largest absolute Gasteiger partial charge is 0.367 e. The van der Waals surface area contributed by atoms with E-state index >= 15 is 0 Å². The normalized spacial score (nSPS) is 10.6. The molecule has 0 atom stereocenters. The van der Waals surface area contributed by atoms with Crippen LogP contribution < -0.4 is 5.73 Å². The summed E-state index contributed by atoms with van der Waals surface area (Å²) in [7, 11) is 0. The number of rotatable bonds is 2. The molecule has 17 heavy (non-hydrogen) atoms. The number of nitrogens with two attached hydrogens (primary N) is 1. The Morgan fingerprint density at radius 2 is 2.18 bits per heavy atom. The minimum absolute atomic E-state index is 0.321. The van der Waals surface area contributed by atoms with Crippen LogP contribution in [0.2, 0.25) is 0 Å². The van der Waals surface area contributed by atoms with E-state index < -0.39 is 0 Å². The molecular formula is C12H9N3OS. The van der Waals surface area contributed by atoms with E-state index in [0.717, 1.165) is 21.7 Å². The van der Waals surface area contributed by atoms with Crippen LogP contribution in [0.3, 0.4) is 0 Å². The van der Waals surface area contributed by atoms with E-state index in [1.807, 2.05) is 29.6 Å². The number of nitrogen functional groups attached to an aromatic ring is 1. The molecule has 0 bridgehead atoms. The summed E-state index contributed by atoms with van der Waals surface area (Å²) >= 11 is 1.60. The van der Waals surface area contributed by atoms with Crippen molar-refractivity contribution in [3.8, 4) is 21.7 Å². The van der Waals surface area contributed by atoms with Gasteiger partial charge in [0.25, 0.3) is 0 Å². The van der Waals surface area contributed by atoms with Gasteiger partial charge in [0.2, 0.25) is 5.88 Å². The van der Waals surface area contributed by atoms with Crippen molar-refractivity contribution in [2.45, 2.75) is 0 Å². The second-order valence-electron chi connectivity index (χ2n) is 3.49. The zero-order valence-electron chi connectivity index (χ0n) is 8.83. The maximum absolute atomic E-state index is 5.83. The Labute approximate surface area is 102 Å². The van der Waals surface area contributed by atoms with Gasteiger partial charge < -0.3 is 10.3 Å². The molecule has 4 nitrogen and oxygen atoms in total. The first kappa shape index (κ1) is 10.0. The van der Waals surface area contributed by atoms with Crippen molar-refractivity contribution in [3.63, 3.8) is 0 Å². The number of thiophene rings is 1. The van der Waals surface area contributed by atoms with Gasteiger partial charge in [0.05, 0.1) is 10.4 Å². The van der Waals surface area contributed by atoms with E-state index in [4.69, 9.17) is 10.3 Å². The predicted molar refractivity (Wildman–Crippen MR) is 67.5 cm³/mol. The summed E-state index contributed by atoms with van der Waals surface area (Å²) < 4.78 is 5.08. The van der Waals surface area contributed by atoms with Crippen LogP contribution >= 0.6 is 11.3 Å². The molecule has 0 spiro atoms. The van der Waals surface area contributed by atoms with Crippen LogP contribution in [0.4, 0.5) is 5.88 Å². The maximum atomic E-state index is 5.83. The van der Waals surface area contributed by atoms with Crippen molar-refractivity contribution in [2.24, 2.45) is 0 Å². The Hall–Kier alpha value is -2.14. The lowest BCUT2D eigenvalue weighted by Crippen LogP contribution is -1.87. The highest BCUT2D eigenvalue weighted by atomic mass is 32.1. The Bertz CT molecular complexity index is 617. The van der Waals surface area contributed by atoms with Gasteiger partial charge in [-0.15, -0.1) is 11.3 Å². The second kappa shape index (κ2) is 4.03. The first-order chi connectivity index (χ1) is 8.36. The SMILES string of the molecule is Nc1onc(-c2cccs2)c1-c1cccnc1. The number of nitrogens with zero attached hydrogens (tertiary/aromatic N) is 2. The van der Waals surface area contributed by atoms with Crippen LogP contribution in [0.5, 0.6) is 0 Å². The van der Waals surface area contributed by atoms with Gasteiger partial charge in [-0.1, -0.05) is 17.3 Å². The van der Waals surface area contributed by atoms with Gasteiger partial charge in [-0.2, -0.15) is 0 Å². The summed E-state index contributed by atoms with van der Waals surface area (Å²) in [6.45, 7) is 0. The molecular weight excluding hydrogens is 234 g/mol. The molecule has 0 aliphatic rings. The molecule has 0 unspecified atom stereocenters. The molecule has 84 valence electrons. The van der Waals surface area contributed by atoms with Crippen molar-refractivity contribution in [2.75, 3.05) is 5.73 Å². The van der Waals surface area contributed by atoms with Crippen molar-refractivity contribution in [1.29, 1.82) is 0 Å². The predicted octanol–water partition coefficient (Wildman–Crippen LogP) is 3.05. The summed E-state index contributed by atoms with van der Waals surface area (Å²) in [5.74, 6) is 0.321. The van der Waals surface area contributed by atoms with Crippen LogP contribution in [0.15, 0.2) is 46.6 Å². The van der Waals surface area contributed by atoms with Gasteiger partial charge in [-0.05, 0) is 17.5 Å². The average molecular weight is 243 g/mol. The fraction of sp³-hybridized carbons (Fsp3) is 0. The third-order valence-electron chi connectivity index (χ3n) is 2.42. The topological polar surface area (TPSA) is 64.9 Å². The molecule has 5 heteroatoms. The maximum Gasteiger partial charge on any atom is 0.230 e. The van der Waals surface area contributed by atoms with Gasteiger partial charge >= 0.3 is 0 Å². The summed E-state index contributed by atoms with van der Waals surface area (Å²) in [6, 6.07) is 7.76. The summed E-state index contributed by atoms with van der Waals surface area (Å²) in [4.78, 5) is 5.11. The zero-order chi connectivity index (χ0) is 11.7. The molecule has 3 aromatic rings. The standard InChI is InChI=1S/C12H9N3OS/c13-12-10(8-3-1-5-14-7-8)11(15-16-12)9-4-2-6-17-9/h1-7H,13H2. The Morgan fingerprint density at radius 3 is 2.88 bits per heavy atom. The van der Waals surface area contributed by atoms with Crippen LogP contribution in [-0.4, -0.2) is 10.1 Å². The third-order valence-corrected chi connectivity index (χ3v) is 3.30. The van der Waals surface area contributed by atoms with Crippen molar-refractivity contribution >= 4 is 17.2 Å². The van der Waals surface area contributed by atoms with Gasteiger partial charge in [0.15, 0.2) is 0 Å². The van der Waals surface area contributed by atoms with E-state index in [-0.39, 0.29) is 0 Å². The summed E-state index contributed by atoms with van der Waals surface area (Å²) in [5, 5.41) is 6.01. The minimum atomic E-state index is 0.321. The number of anilines is 1. The van der Waals surface area contributed by atoms with E-state index in [1.54, 1.807) is 23.7 Å². The van der Waals surface area contributed by atoms with Crippen LogP contribution in [0.1, 0.15) is 0 Å². The van der Waals surface area contributed by atoms with Crippen LogP contribution in [-0.2, 0) is 0 Å². The highest BCUT2D eigenvalue weighted by Gasteiger charge is 2.17. The molecule has 0 aliphatic carbocycles. The monoisotopic (exact) mass is 243 g/mol. The molecule has 0 saturated heterocycles. The first-order valence-corrected chi connectivity index (χ1v) is 5.93. The molecule has 3 heterocycles. The molecule has 0 fully saturated rings. The highest BCUT2D eigenvalue weighted by Crippen LogP contribution is 2.37. The molecule has 3 rings (SSSR count). The quantitative estimate of drug-likeness (QED) is 0.751. The van der Waals surface area contributed by atoms with Crippen LogP contribution in [0, 0.1) is 0 Å². The minimum Gasteiger partial charge on any atom is -0.367 e. The second-order valence-corrected chi connectivity index (χ2v) is 4.44. The van der Waals surface area contributed by atoms with Crippen molar-refractivity contribution in [1.82, 2.24) is 10.1 Å². The molecule has 2 N–H and O–H groups in total. The lowest BCUT2D eigenvalue weighted by molar-refractivity contribution is 0.439. The number of hydrogen-bond acceptors (Lipinski definition) is 5. The highest BCUT2D eigenvalue weighted by molar-refractivity contribution is 7.13. The van der Waals surface area contributed by atoms with E-state index in [9.17, 15) is 0 Å². The van der Waals surface area contributed by atoms with E-state index in [1.165, 1.54) is 0 Å². The fourth-order valence-corrected chi connectivity index (χ4v) is 2.39. The molecule has 0 aliphatic heterocycles.